The van der Waals surface area contributed by atoms with E-state index in [0.717, 1.165) is 23.1 Å². The van der Waals surface area contributed by atoms with Gasteiger partial charge in [0.2, 0.25) is 0 Å². The van der Waals surface area contributed by atoms with Gasteiger partial charge < -0.3 is 15.3 Å². The molecule has 2 heterocycles. The number of fused-ring (bicyclic) bond motifs is 1. The minimum absolute atomic E-state index is 0.0165. The monoisotopic (exact) mass is 359 g/mol. The zero-order chi connectivity index (χ0) is 16.3. The molecule has 0 aliphatic carbocycles. The van der Waals surface area contributed by atoms with Gasteiger partial charge in [0, 0.05) is 36.8 Å². The average molecular weight is 360 g/mol. The lowest BCUT2D eigenvalue weighted by molar-refractivity contribution is -0.126. The van der Waals surface area contributed by atoms with Crippen molar-refractivity contribution in [1.29, 1.82) is 0 Å². The van der Waals surface area contributed by atoms with Crippen LogP contribution in [0.15, 0.2) is 34.8 Å². The Morgan fingerprint density at radius 1 is 1.50 bits per heavy atom. The highest BCUT2D eigenvalue weighted by atomic mass is 35.5. The molecule has 2 rings (SSSR count). The van der Waals surface area contributed by atoms with E-state index in [2.05, 4.69) is 24.1 Å². The predicted molar refractivity (Wildman–Crippen MR) is 94.5 cm³/mol. The van der Waals surface area contributed by atoms with Crippen molar-refractivity contribution >= 4 is 45.8 Å². The van der Waals surface area contributed by atoms with Crippen molar-refractivity contribution < 1.29 is 9.90 Å². The summed E-state index contributed by atoms with van der Waals surface area (Å²) in [6, 6.07) is 0. The lowest BCUT2D eigenvalue weighted by Gasteiger charge is -2.35. The third kappa shape index (κ3) is 3.77. The van der Waals surface area contributed by atoms with Crippen molar-refractivity contribution in [3.8, 4) is 0 Å². The number of nitrogens with zero attached hydrogens (tertiary/aromatic N) is 2. The van der Waals surface area contributed by atoms with Gasteiger partial charge in [0.1, 0.15) is 10.1 Å². The zero-order valence-corrected chi connectivity index (χ0v) is 14.8. The third-order valence-electron chi connectivity index (χ3n) is 3.35. The second kappa shape index (κ2) is 7.39. The fourth-order valence-electron chi connectivity index (χ4n) is 2.18. The molecule has 0 bridgehead atoms. The van der Waals surface area contributed by atoms with Crippen LogP contribution >= 0.6 is 35.6 Å². The Kier molecular flexibility index (Phi) is 5.77. The number of carbonyl (C=O) groups is 1. The minimum Gasteiger partial charge on any atom is -0.508 e. The van der Waals surface area contributed by atoms with Crippen LogP contribution in [0.25, 0.3) is 0 Å². The van der Waals surface area contributed by atoms with Crippen LogP contribution in [-0.2, 0) is 4.79 Å². The number of halogens is 1. The first-order valence-corrected chi connectivity index (χ1v) is 8.72. The van der Waals surface area contributed by atoms with Gasteiger partial charge in [-0.15, -0.1) is 0 Å². The van der Waals surface area contributed by atoms with E-state index < -0.39 is 6.17 Å². The smallest absolute Gasteiger partial charge is 0.254 e. The first-order chi connectivity index (χ1) is 10.5. The molecular weight excluding hydrogens is 342 g/mol. The lowest BCUT2D eigenvalue weighted by atomic mass is 10.2. The molecule has 0 saturated heterocycles. The van der Waals surface area contributed by atoms with E-state index in [4.69, 9.17) is 23.8 Å². The number of rotatable bonds is 4. The zero-order valence-electron chi connectivity index (χ0n) is 12.4. The summed E-state index contributed by atoms with van der Waals surface area (Å²) in [5, 5.41) is 13.4. The van der Waals surface area contributed by atoms with E-state index in [0.29, 0.717) is 10.8 Å². The molecule has 1 atom stereocenters. The summed E-state index contributed by atoms with van der Waals surface area (Å²) in [6.07, 6.45) is 3.84. The highest BCUT2D eigenvalue weighted by Crippen LogP contribution is 2.25. The van der Waals surface area contributed by atoms with Gasteiger partial charge in [0.25, 0.3) is 5.91 Å². The maximum absolute atomic E-state index is 12.1. The molecule has 0 saturated carbocycles. The van der Waals surface area contributed by atoms with E-state index in [9.17, 15) is 9.90 Å². The van der Waals surface area contributed by atoms with Gasteiger partial charge in [-0.05, 0) is 19.9 Å². The second-order valence-corrected chi connectivity index (χ2v) is 6.82. The Hall–Kier alpha value is -1.18. The van der Waals surface area contributed by atoms with E-state index in [1.54, 1.807) is 0 Å². The molecule has 1 amide bonds. The topological polar surface area (TPSA) is 55.8 Å². The highest BCUT2D eigenvalue weighted by Gasteiger charge is 2.32. The summed E-state index contributed by atoms with van der Waals surface area (Å²) in [6.45, 7) is 5.82. The first-order valence-electron chi connectivity index (χ1n) is 6.95. The molecule has 1 unspecified atom stereocenters. The third-order valence-corrected chi connectivity index (χ3v) is 5.13. The summed E-state index contributed by atoms with van der Waals surface area (Å²) < 4.78 is 0.800. The fourth-order valence-corrected chi connectivity index (χ4v) is 3.72. The van der Waals surface area contributed by atoms with Gasteiger partial charge in [0.05, 0.1) is 5.03 Å². The molecule has 22 heavy (non-hydrogen) atoms. The summed E-state index contributed by atoms with van der Waals surface area (Å²) in [5.41, 5.74) is 0.733. The standard InChI is InChI=1S/C14H18ClN3O2S2/c1-3-17(4-2)14(21)22-8-10-6-12(20)18-7-9(15)5-11(19)13(18)16-10/h5-7,13,16,19H,3-4,8H2,1-2H3. The molecule has 8 heteroatoms. The minimum atomic E-state index is -0.599. The number of aliphatic hydroxyl groups is 1. The number of hydrogen-bond donors (Lipinski definition) is 2. The number of hydrogen-bond acceptors (Lipinski definition) is 5. The Morgan fingerprint density at radius 3 is 2.82 bits per heavy atom. The van der Waals surface area contributed by atoms with Crippen LogP contribution in [0.2, 0.25) is 0 Å². The van der Waals surface area contributed by atoms with E-state index in [1.165, 1.54) is 35.0 Å². The van der Waals surface area contributed by atoms with Crippen molar-refractivity contribution in [2.75, 3.05) is 18.8 Å². The van der Waals surface area contributed by atoms with Crippen molar-refractivity contribution in [1.82, 2.24) is 15.1 Å². The first kappa shape index (κ1) is 17.2. The Morgan fingerprint density at radius 2 is 2.18 bits per heavy atom. The number of aliphatic hydroxyl groups excluding tert-OH is 1. The van der Waals surface area contributed by atoms with Gasteiger partial charge in [-0.2, -0.15) is 0 Å². The molecule has 0 aromatic heterocycles. The molecular formula is C14H18ClN3O2S2. The number of nitrogens with one attached hydrogen (secondary N) is 1. The SMILES string of the molecule is CCN(CC)C(=S)SCC1=CC(=O)N2C=C(Cl)C=C(O)C2N1. The second-order valence-electron chi connectivity index (χ2n) is 4.77. The number of carbonyl (C=O) groups excluding carboxylic acids is 1. The van der Waals surface area contributed by atoms with Crippen LogP contribution in [0, 0.1) is 0 Å². The molecule has 2 aliphatic rings. The Balaban J connectivity index is 2.03. The molecule has 0 radical (unpaired) electrons. The molecule has 2 aliphatic heterocycles. The molecule has 120 valence electrons. The molecule has 0 aromatic rings. The number of amides is 1. The van der Waals surface area contributed by atoms with Crippen molar-refractivity contribution in [3.05, 3.63) is 34.8 Å². The molecule has 0 fully saturated rings. The number of thioether (sulfide) groups is 1. The lowest BCUT2D eigenvalue weighted by Crippen LogP contribution is -2.51. The van der Waals surface area contributed by atoms with Crippen LogP contribution < -0.4 is 5.32 Å². The van der Waals surface area contributed by atoms with Crippen LogP contribution in [0.3, 0.4) is 0 Å². The Bertz CT molecular complexity index is 570. The quantitative estimate of drug-likeness (QED) is 0.752. The van der Waals surface area contributed by atoms with E-state index in [-0.39, 0.29) is 11.7 Å². The summed E-state index contributed by atoms with van der Waals surface area (Å²) in [4.78, 5) is 15.6. The van der Waals surface area contributed by atoms with Gasteiger partial charge in [0.15, 0.2) is 6.17 Å². The normalized spacial score (nSPS) is 20.5. The Labute approximate surface area is 144 Å². The van der Waals surface area contributed by atoms with Gasteiger partial charge in [-0.25, -0.2) is 0 Å². The van der Waals surface area contributed by atoms with Crippen LogP contribution in [0.5, 0.6) is 0 Å². The van der Waals surface area contributed by atoms with Gasteiger partial charge in [-0.3, -0.25) is 9.69 Å². The van der Waals surface area contributed by atoms with E-state index in [1.807, 2.05) is 0 Å². The largest absolute Gasteiger partial charge is 0.508 e. The average Bonchev–Trinajstić information content (AvgIpc) is 2.47. The maximum Gasteiger partial charge on any atom is 0.254 e. The molecule has 2 N–H and O–H groups in total. The summed E-state index contributed by atoms with van der Waals surface area (Å²) in [7, 11) is 0. The van der Waals surface area contributed by atoms with Crippen LogP contribution in [0.4, 0.5) is 0 Å². The maximum atomic E-state index is 12.1. The van der Waals surface area contributed by atoms with E-state index >= 15 is 0 Å². The molecule has 5 nitrogen and oxygen atoms in total. The van der Waals surface area contributed by atoms with Crippen molar-refractivity contribution in [2.45, 2.75) is 20.0 Å². The molecule has 0 aromatic carbocycles. The van der Waals surface area contributed by atoms with Crippen LogP contribution in [0.1, 0.15) is 13.8 Å². The summed E-state index contributed by atoms with van der Waals surface area (Å²) in [5.74, 6) is 0.351. The fraction of sp³-hybridized carbons (Fsp3) is 0.429. The van der Waals surface area contributed by atoms with Gasteiger partial charge >= 0.3 is 0 Å². The number of thiocarbonyl (C=S) groups is 1. The predicted octanol–water partition coefficient (Wildman–Crippen LogP) is 2.52. The number of allylic oxidation sites excluding steroid dienone is 2. The van der Waals surface area contributed by atoms with Crippen LogP contribution in [-0.4, -0.2) is 50.1 Å². The van der Waals surface area contributed by atoms with Crippen molar-refractivity contribution in [3.63, 3.8) is 0 Å². The highest BCUT2D eigenvalue weighted by molar-refractivity contribution is 8.23. The van der Waals surface area contributed by atoms with Gasteiger partial charge in [-0.1, -0.05) is 35.6 Å². The van der Waals surface area contributed by atoms with Crippen molar-refractivity contribution in [2.24, 2.45) is 0 Å². The summed E-state index contributed by atoms with van der Waals surface area (Å²) >= 11 is 12.7. The molecule has 0 spiro atoms.